The lowest BCUT2D eigenvalue weighted by atomic mass is 10.2. The van der Waals surface area contributed by atoms with E-state index < -0.39 is 26.3 Å². The molecular weight excluding hydrogens is 425 g/mol. The zero-order chi connectivity index (χ0) is 19.4. The zero-order valence-corrected chi connectivity index (χ0v) is 16.7. The summed E-state index contributed by atoms with van der Waals surface area (Å²) < 4.78 is 43.0. The summed E-state index contributed by atoms with van der Waals surface area (Å²) in [5.74, 6) is -0.725. The van der Waals surface area contributed by atoms with Gasteiger partial charge in [0.15, 0.2) is 9.84 Å². The van der Waals surface area contributed by atoms with Gasteiger partial charge in [-0.25, -0.2) is 12.8 Å². The third kappa shape index (κ3) is 4.62. The van der Waals surface area contributed by atoms with Crippen molar-refractivity contribution in [3.63, 3.8) is 0 Å². The van der Waals surface area contributed by atoms with Gasteiger partial charge in [-0.3, -0.25) is 4.79 Å². The first-order valence-electron chi connectivity index (χ1n) is 7.81. The summed E-state index contributed by atoms with van der Waals surface area (Å²) in [4.78, 5) is 12.5. The summed E-state index contributed by atoms with van der Waals surface area (Å²) in [5, 5.41) is 2.55. The van der Waals surface area contributed by atoms with E-state index in [-0.39, 0.29) is 18.0 Å². The van der Waals surface area contributed by atoms with E-state index in [1.165, 1.54) is 44.2 Å². The maximum Gasteiger partial charge on any atom is 0.241 e. The molecule has 2 aromatic carbocycles. The van der Waals surface area contributed by atoms with Crippen LogP contribution in [0.1, 0.15) is 13.8 Å². The topological polar surface area (TPSA) is 72.5 Å². The average Bonchev–Trinajstić information content (AvgIpc) is 2.58. The number of sulfone groups is 1. The summed E-state index contributed by atoms with van der Waals surface area (Å²) in [7, 11) is -3.87. The molecule has 0 heterocycles. The van der Waals surface area contributed by atoms with Crippen molar-refractivity contribution in [3.8, 4) is 5.75 Å². The van der Waals surface area contributed by atoms with Gasteiger partial charge in [0.05, 0.1) is 11.4 Å². The van der Waals surface area contributed by atoms with E-state index in [1.807, 2.05) is 0 Å². The number of hydrogen-bond acceptors (Lipinski definition) is 4. The van der Waals surface area contributed by atoms with E-state index in [0.29, 0.717) is 5.75 Å². The van der Waals surface area contributed by atoms with Gasteiger partial charge in [-0.15, -0.1) is 0 Å². The van der Waals surface area contributed by atoms with E-state index in [1.54, 1.807) is 18.2 Å². The smallest absolute Gasteiger partial charge is 0.241 e. The lowest BCUT2D eigenvalue weighted by molar-refractivity contribution is -0.122. The molecule has 0 saturated carbocycles. The number of benzene rings is 2. The molecule has 8 heteroatoms. The molecule has 2 aromatic rings. The van der Waals surface area contributed by atoms with Gasteiger partial charge in [-0.1, -0.05) is 22.0 Å². The van der Waals surface area contributed by atoms with Crippen LogP contribution >= 0.6 is 15.9 Å². The van der Waals surface area contributed by atoms with Crippen molar-refractivity contribution in [1.82, 2.24) is 5.32 Å². The monoisotopic (exact) mass is 443 g/mol. The lowest BCUT2D eigenvalue weighted by Gasteiger charge is -2.24. The predicted octanol–water partition coefficient (Wildman–Crippen LogP) is 3.34. The van der Waals surface area contributed by atoms with Gasteiger partial charge >= 0.3 is 0 Å². The molecule has 0 aromatic heterocycles. The molecule has 0 aliphatic rings. The highest BCUT2D eigenvalue weighted by Crippen LogP contribution is 2.26. The molecule has 0 radical (unpaired) electrons. The minimum Gasteiger partial charge on any atom is -0.492 e. The Balaban J connectivity index is 1.97. The molecule has 0 bridgehead atoms. The highest BCUT2D eigenvalue weighted by atomic mass is 79.9. The van der Waals surface area contributed by atoms with Crippen molar-refractivity contribution in [2.45, 2.75) is 23.5 Å². The van der Waals surface area contributed by atoms with Crippen LogP contribution in [0.25, 0.3) is 0 Å². The number of halogens is 2. The maximum atomic E-state index is 13.1. The van der Waals surface area contributed by atoms with E-state index in [4.69, 9.17) is 4.74 Å². The predicted molar refractivity (Wildman–Crippen MR) is 100 cm³/mol. The summed E-state index contributed by atoms with van der Waals surface area (Å²) in [6.07, 6.45) is 0. The molecule has 0 unspecified atom stereocenters. The Morgan fingerprint density at radius 2 is 1.85 bits per heavy atom. The van der Waals surface area contributed by atoms with Crippen molar-refractivity contribution in [3.05, 3.63) is 58.8 Å². The fourth-order valence-electron chi connectivity index (χ4n) is 2.13. The minimum absolute atomic E-state index is 0.0665. The molecule has 5 nitrogen and oxygen atoms in total. The van der Waals surface area contributed by atoms with Crippen molar-refractivity contribution < 1.29 is 22.3 Å². The van der Waals surface area contributed by atoms with Gasteiger partial charge in [0.2, 0.25) is 5.91 Å². The van der Waals surface area contributed by atoms with Crippen molar-refractivity contribution in [1.29, 1.82) is 0 Å². The summed E-state index contributed by atoms with van der Waals surface area (Å²) in [5.41, 5.74) is 0. The van der Waals surface area contributed by atoms with Crippen LogP contribution in [0.3, 0.4) is 0 Å². The summed E-state index contributed by atoms with van der Waals surface area (Å²) in [6, 6.07) is 11.7. The fraction of sp³-hybridized carbons (Fsp3) is 0.278. The zero-order valence-electron chi connectivity index (χ0n) is 14.3. The van der Waals surface area contributed by atoms with Crippen LogP contribution in [-0.4, -0.2) is 32.2 Å². The number of carbonyl (C=O) groups is 1. The highest BCUT2D eigenvalue weighted by Gasteiger charge is 2.42. The van der Waals surface area contributed by atoms with Crippen LogP contribution in [0, 0.1) is 5.82 Å². The number of hydrogen-bond donors (Lipinski definition) is 1. The molecule has 2 rings (SSSR count). The number of nitrogens with one attached hydrogen (secondary N) is 1. The first-order valence-corrected chi connectivity index (χ1v) is 10.1. The highest BCUT2D eigenvalue weighted by molar-refractivity contribution is 9.10. The molecule has 0 saturated heterocycles. The second-order valence-electron chi connectivity index (χ2n) is 6.03. The molecule has 1 amide bonds. The quantitative estimate of drug-likeness (QED) is 0.666. The molecule has 1 N–H and O–H groups in total. The Hall–Kier alpha value is -1.93. The van der Waals surface area contributed by atoms with Crippen LogP contribution in [0.2, 0.25) is 0 Å². The summed E-state index contributed by atoms with van der Waals surface area (Å²) >= 11 is 3.25. The molecule has 0 fully saturated rings. The lowest BCUT2D eigenvalue weighted by Crippen LogP contribution is -2.48. The largest absolute Gasteiger partial charge is 0.492 e. The maximum absolute atomic E-state index is 13.1. The minimum atomic E-state index is -3.87. The SMILES string of the molecule is CC(C)(C(=O)NCCOc1cccc(F)c1)S(=O)(=O)c1ccc(Br)cc1. The van der Waals surface area contributed by atoms with Crippen LogP contribution in [-0.2, 0) is 14.6 Å². The average molecular weight is 444 g/mol. The molecular formula is C18H19BrFNO4S. The third-order valence-corrected chi connectivity index (χ3v) is 6.75. The first kappa shape index (κ1) is 20.4. The first-order chi connectivity index (χ1) is 12.1. The Morgan fingerprint density at radius 1 is 1.19 bits per heavy atom. The number of ether oxygens (including phenoxy) is 1. The van der Waals surface area contributed by atoms with Crippen LogP contribution < -0.4 is 10.1 Å². The van der Waals surface area contributed by atoms with Crippen molar-refractivity contribution in [2.75, 3.05) is 13.2 Å². The molecule has 140 valence electrons. The Labute approximate surface area is 160 Å². The van der Waals surface area contributed by atoms with Gasteiger partial charge < -0.3 is 10.1 Å². The Bertz CT molecular complexity index is 882. The van der Waals surface area contributed by atoms with E-state index in [0.717, 1.165) is 4.47 Å². The van der Waals surface area contributed by atoms with E-state index in [9.17, 15) is 17.6 Å². The van der Waals surface area contributed by atoms with Crippen LogP contribution in [0.4, 0.5) is 4.39 Å². The van der Waals surface area contributed by atoms with Gasteiger partial charge in [-0.05, 0) is 50.2 Å². The van der Waals surface area contributed by atoms with Gasteiger partial charge in [0.25, 0.3) is 0 Å². The molecule has 0 aliphatic heterocycles. The van der Waals surface area contributed by atoms with Gasteiger partial charge in [0, 0.05) is 10.5 Å². The Kier molecular flexibility index (Phi) is 6.41. The normalized spacial score (nSPS) is 11.8. The molecule has 0 spiro atoms. The summed E-state index contributed by atoms with van der Waals surface area (Å²) in [6.45, 7) is 2.89. The standard InChI is InChI=1S/C18H19BrFNO4S/c1-18(2,26(23,24)16-8-6-13(19)7-9-16)17(22)21-10-11-25-15-5-3-4-14(20)12-15/h3-9,12H,10-11H2,1-2H3,(H,21,22). The third-order valence-electron chi connectivity index (χ3n) is 3.80. The van der Waals surface area contributed by atoms with Crippen molar-refractivity contribution >= 4 is 31.7 Å². The van der Waals surface area contributed by atoms with Crippen LogP contribution in [0.5, 0.6) is 5.75 Å². The second-order valence-corrected chi connectivity index (χ2v) is 9.44. The number of carbonyl (C=O) groups excluding carboxylic acids is 1. The molecule has 0 atom stereocenters. The van der Waals surface area contributed by atoms with Gasteiger partial charge in [0.1, 0.15) is 22.9 Å². The number of amides is 1. The fourth-order valence-corrected chi connectivity index (χ4v) is 3.80. The van der Waals surface area contributed by atoms with E-state index >= 15 is 0 Å². The van der Waals surface area contributed by atoms with Crippen molar-refractivity contribution in [2.24, 2.45) is 0 Å². The molecule has 0 aliphatic carbocycles. The second kappa shape index (κ2) is 8.18. The number of rotatable bonds is 7. The van der Waals surface area contributed by atoms with E-state index in [2.05, 4.69) is 21.2 Å². The Morgan fingerprint density at radius 3 is 2.46 bits per heavy atom. The van der Waals surface area contributed by atoms with Crippen LogP contribution in [0.15, 0.2) is 57.9 Å². The molecule has 26 heavy (non-hydrogen) atoms. The van der Waals surface area contributed by atoms with Gasteiger partial charge in [-0.2, -0.15) is 0 Å².